The van der Waals surface area contributed by atoms with Gasteiger partial charge in [-0.05, 0) is 0 Å². The molecule has 0 nitrogen and oxygen atoms in total. The summed E-state index contributed by atoms with van der Waals surface area (Å²) in [6.07, 6.45) is 6.19. The summed E-state index contributed by atoms with van der Waals surface area (Å²) in [6.45, 7) is 11.7. The first-order chi connectivity index (χ1) is 7.79. The summed E-state index contributed by atoms with van der Waals surface area (Å²) in [5.74, 6) is 0. The van der Waals surface area contributed by atoms with E-state index in [1.807, 2.05) is 0 Å². The van der Waals surface area contributed by atoms with Crippen LogP contribution in [0.25, 0.3) is 0 Å². The van der Waals surface area contributed by atoms with Gasteiger partial charge < -0.3 is 0 Å². The molecule has 0 radical (unpaired) electrons. The molecule has 0 aliphatic carbocycles. The summed E-state index contributed by atoms with van der Waals surface area (Å²) in [7, 11) is 0. The Bertz CT molecular complexity index is 324. The first-order valence-corrected chi connectivity index (χ1v) is 10.5. The van der Waals surface area contributed by atoms with E-state index >= 15 is 0 Å². The molecule has 84 valence electrons. The second kappa shape index (κ2) is 6.55. The van der Waals surface area contributed by atoms with Crippen LogP contribution in [0.2, 0.25) is 15.6 Å². The molecule has 0 atom stereocenters. The van der Waals surface area contributed by atoms with Gasteiger partial charge in [-0.3, -0.25) is 0 Å². The van der Waals surface area contributed by atoms with Crippen LogP contribution in [0.15, 0.2) is 68.3 Å². The molecule has 16 heavy (non-hydrogen) atoms. The van der Waals surface area contributed by atoms with E-state index in [0.29, 0.717) is 0 Å². The van der Waals surface area contributed by atoms with Crippen molar-refractivity contribution in [1.29, 1.82) is 0 Å². The predicted octanol–water partition coefficient (Wildman–Crippen LogP) is 3.90. The van der Waals surface area contributed by atoms with Crippen LogP contribution in [0.3, 0.4) is 0 Å². The minimum absolute atomic E-state index is 1.13. The van der Waals surface area contributed by atoms with Gasteiger partial charge in [0, 0.05) is 0 Å². The van der Waals surface area contributed by atoms with Gasteiger partial charge in [-0.1, -0.05) is 0 Å². The first kappa shape index (κ1) is 13.1. The number of hydrogen-bond acceptors (Lipinski definition) is 0. The summed E-state index contributed by atoms with van der Waals surface area (Å²) in [5, 5.41) is 3.38. The monoisotopic (exact) mass is 275 g/mol. The van der Waals surface area contributed by atoms with Crippen molar-refractivity contribution in [3.05, 3.63) is 68.3 Å². The number of hydrogen-bond donors (Lipinski definition) is 0. The van der Waals surface area contributed by atoms with E-state index in [2.05, 4.69) is 68.3 Å². The molecule has 1 rings (SSSR count). The van der Waals surface area contributed by atoms with Gasteiger partial charge >= 0.3 is 102 Å². The molecule has 0 saturated carbocycles. The van der Waals surface area contributed by atoms with Crippen molar-refractivity contribution >= 4 is 17.9 Å². The van der Waals surface area contributed by atoms with Crippen LogP contribution in [0.1, 0.15) is 0 Å². The Morgan fingerprint density at radius 3 is 1.62 bits per heavy atom. The Morgan fingerprint density at radius 2 is 1.25 bits per heavy atom. The van der Waals surface area contributed by atoms with Crippen molar-refractivity contribution in [2.24, 2.45) is 0 Å². The van der Waals surface area contributed by atoms with Gasteiger partial charge in [-0.25, -0.2) is 0 Å². The van der Waals surface area contributed by atoms with Crippen LogP contribution in [-0.4, -0.2) is 13.6 Å². The van der Waals surface area contributed by atoms with Gasteiger partial charge in [-0.2, -0.15) is 0 Å². The molecule has 0 N–H and O–H groups in total. The molecule has 1 heteroatoms. The number of benzene rings is 1. The fourth-order valence-electron chi connectivity index (χ4n) is 2.03. The molecule has 0 spiro atoms. The molecule has 0 aliphatic heterocycles. The quantitative estimate of drug-likeness (QED) is 0.523. The third kappa shape index (κ3) is 2.99. The summed E-state index contributed by atoms with van der Waals surface area (Å²) >= 11 is -1.91. The Kier molecular flexibility index (Phi) is 5.35. The van der Waals surface area contributed by atoms with E-state index in [4.69, 9.17) is 0 Å². The fraction of sp³-hybridized carbons (Fsp3) is 0.200. The molecule has 0 unspecified atom stereocenters. The molecule has 0 heterocycles. The van der Waals surface area contributed by atoms with Crippen LogP contribution in [-0.2, 0) is 0 Å². The van der Waals surface area contributed by atoms with Crippen molar-refractivity contribution in [3.8, 4) is 0 Å². The summed E-state index contributed by atoms with van der Waals surface area (Å²) in [5.41, 5.74) is 0. The van der Waals surface area contributed by atoms with Crippen LogP contribution in [0, 0.1) is 0 Å². The van der Waals surface area contributed by atoms with E-state index in [1.54, 1.807) is 0 Å². The number of allylic oxidation sites excluding steroid dienone is 3. The van der Waals surface area contributed by atoms with Gasteiger partial charge in [0.05, 0.1) is 0 Å². The van der Waals surface area contributed by atoms with Gasteiger partial charge in [0.15, 0.2) is 0 Å². The van der Waals surface area contributed by atoms with E-state index in [-0.39, 0.29) is 0 Å². The van der Waals surface area contributed by atoms with Crippen LogP contribution in [0.5, 0.6) is 0 Å². The molecule has 1 aromatic carbocycles. The zero-order valence-electron chi connectivity index (χ0n) is 9.81. The second-order valence-electron chi connectivity index (χ2n) is 3.89. The maximum absolute atomic E-state index is 3.91. The van der Waals surface area contributed by atoms with E-state index in [9.17, 15) is 0 Å². The van der Waals surface area contributed by atoms with Crippen molar-refractivity contribution in [1.82, 2.24) is 0 Å². The number of rotatable bonds is 7. The Balaban J connectivity index is 3.13. The Labute approximate surface area is 102 Å². The Hall–Kier alpha value is -1.00. The van der Waals surface area contributed by atoms with Crippen molar-refractivity contribution in [3.63, 3.8) is 0 Å². The average Bonchev–Trinajstić information content (AvgIpc) is 2.31. The van der Waals surface area contributed by atoms with Gasteiger partial charge in [0.25, 0.3) is 0 Å². The standard InChI is InChI=1S/C15H20As/c1-4-12-16(13-5-2,14-6-3)15-10-8-7-9-11-15/h4-11H,1-3,12-14H2/q+1. The van der Waals surface area contributed by atoms with E-state index in [0.717, 1.165) is 15.6 Å². The van der Waals surface area contributed by atoms with Crippen LogP contribution in [0.4, 0.5) is 0 Å². The SMILES string of the molecule is C=CC[As+](CC=C)(CC=C)c1ccccc1. The first-order valence-electron chi connectivity index (χ1n) is 5.53. The second-order valence-corrected chi connectivity index (χ2v) is 12.1. The van der Waals surface area contributed by atoms with Crippen LogP contribution >= 0.6 is 0 Å². The normalized spacial score (nSPS) is 10.8. The molecule has 0 aromatic heterocycles. The maximum atomic E-state index is 3.91. The molecule has 0 aliphatic rings. The summed E-state index contributed by atoms with van der Waals surface area (Å²) < 4.78 is 1.51. The van der Waals surface area contributed by atoms with Gasteiger partial charge in [0.1, 0.15) is 0 Å². The van der Waals surface area contributed by atoms with Crippen molar-refractivity contribution in [2.45, 2.75) is 15.6 Å². The van der Waals surface area contributed by atoms with Gasteiger partial charge in [0.2, 0.25) is 0 Å². The molecule has 0 fully saturated rings. The molecule has 0 amide bonds. The summed E-state index contributed by atoms with van der Waals surface area (Å²) in [6, 6.07) is 10.8. The molecular weight excluding hydrogens is 255 g/mol. The van der Waals surface area contributed by atoms with Crippen molar-refractivity contribution < 1.29 is 0 Å². The molecule has 0 bridgehead atoms. The molecule has 1 aromatic rings. The third-order valence-electron chi connectivity index (χ3n) is 2.74. The van der Waals surface area contributed by atoms with Crippen molar-refractivity contribution in [2.75, 3.05) is 0 Å². The average molecular weight is 275 g/mol. The van der Waals surface area contributed by atoms with Gasteiger partial charge in [-0.15, -0.1) is 0 Å². The Morgan fingerprint density at radius 1 is 0.812 bits per heavy atom. The zero-order valence-corrected chi connectivity index (χ0v) is 11.7. The molecular formula is C15H20As+. The van der Waals surface area contributed by atoms with E-state index < -0.39 is 13.6 Å². The van der Waals surface area contributed by atoms with E-state index in [1.165, 1.54) is 4.35 Å². The fourth-order valence-corrected chi connectivity index (χ4v) is 9.09. The topological polar surface area (TPSA) is 0 Å². The molecule has 0 saturated heterocycles. The summed E-state index contributed by atoms with van der Waals surface area (Å²) in [4.78, 5) is 0. The zero-order chi connectivity index (χ0) is 11.9. The van der Waals surface area contributed by atoms with Crippen LogP contribution < -0.4 is 4.35 Å². The minimum atomic E-state index is -1.91. The predicted molar refractivity (Wildman–Crippen MR) is 76.8 cm³/mol. The third-order valence-corrected chi connectivity index (χ3v) is 11.7.